The number of carbonyl (C=O) groups is 3. The van der Waals surface area contributed by atoms with Crippen LogP contribution in [0.15, 0.2) is 24.3 Å². The number of rotatable bonds is 7. The van der Waals surface area contributed by atoms with Crippen LogP contribution in [0, 0.1) is 23.7 Å². The number of nitrogens with one attached hydrogen (secondary N) is 1. The number of anilines is 1. The fraction of sp³-hybridized carbons (Fsp3) is 0.571. The molecule has 2 saturated carbocycles. The number of alkyl halides is 1. The summed E-state index contributed by atoms with van der Waals surface area (Å²) in [5.74, 6) is -1.21. The van der Waals surface area contributed by atoms with Gasteiger partial charge in [-0.1, -0.05) is 35.7 Å². The van der Waals surface area contributed by atoms with Crippen LogP contribution in [0.1, 0.15) is 43.0 Å². The van der Waals surface area contributed by atoms with Gasteiger partial charge < -0.3 is 14.8 Å². The van der Waals surface area contributed by atoms with E-state index >= 15 is 0 Å². The van der Waals surface area contributed by atoms with Crippen LogP contribution in [0.4, 0.5) is 5.69 Å². The molecule has 3 aliphatic rings. The van der Waals surface area contributed by atoms with E-state index in [1.165, 1.54) is 0 Å². The van der Waals surface area contributed by atoms with Crippen molar-refractivity contribution in [3.05, 3.63) is 29.8 Å². The third kappa shape index (κ3) is 3.34. The van der Waals surface area contributed by atoms with Crippen molar-refractivity contribution >= 4 is 39.5 Å². The van der Waals surface area contributed by atoms with Gasteiger partial charge in [-0.2, -0.15) is 0 Å². The van der Waals surface area contributed by atoms with Crippen LogP contribution in [-0.4, -0.2) is 35.4 Å². The third-order valence-electron chi connectivity index (χ3n) is 6.19. The first-order valence-corrected chi connectivity index (χ1v) is 10.9. The molecule has 0 aromatic heterocycles. The molecule has 1 aliphatic heterocycles. The number of ether oxygens (including phenoxy) is 2. The summed E-state index contributed by atoms with van der Waals surface area (Å²) < 4.78 is 10.7. The molecule has 1 amide bonds. The van der Waals surface area contributed by atoms with Gasteiger partial charge in [0.05, 0.1) is 28.8 Å². The van der Waals surface area contributed by atoms with E-state index < -0.39 is 0 Å². The number of amides is 1. The highest BCUT2D eigenvalue weighted by molar-refractivity contribution is 9.09. The average molecular weight is 450 g/mol. The molecule has 3 fully saturated rings. The second-order valence-electron chi connectivity index (χ2n) is 7.87. The van der Waals surface area contributed by atoms with E-state index in [1.807, 2.05) is 0 Å². The summed E-state index contributed by atoms with van der Waals surface area (Å²) in [7, 11) is 0. The quantitative estimate of drug-likeness (QED) is 0.391. The molecule has 28 heavy (non-hydrogen) atoms. The van der Waals surface area contributed by atoms with Gasteiger partial charge in [0.25, 0.3) is 0 Å². The molecular weight excluding hydrogens is 426 g/mol. The van der Waals surface area contributed by atoms with Gasteiger partial charge in [-0.05, 0) is 43.0 Å². The monoisotopic (exact) mass is 449 g/mol. The van der Waals surface area contributed by atoms with E-state index in [1.54, 1.807) is 24.3 Å². The number of fused-ring (bicyclic) bond motifs is 1. The maximum absolute atomic E-state index is 12.9. The van der Waals surface area contributed by atoms with Gasteiger partial charge in [0.1, 0.15) is 6.10 Å². The number of unbranched alkanes of at least 4 members (excludes halogenated alkanes) is 2. The standard InChI is InChI=1S/C21H24BrNO5/c1-2-3-4-9-27-20(25)11-5-7-12(8-6-11)23-19(24)15-13-10-14-16(15)21(26)28-18(14)17(13)22/h5-8,13-18H,2-4,9-10H2,1H3,(H,23,24)/t13-,14-,15-,16+,17-,18+/m1/s1. The Hall–Kier alpha value is -1.89. The van der Waals surface area contributed by atoms with Crippen molar-refractivity contribution in [2.24, 2.45) is 23.7 Å². The lowest BCUT2D eigenvalue weighted by Gasteiger charge is -2.27. The largest absolute Gasteiger partial charge is 0.462 e. The number of halogens is 1. The lowest BCUT2D eigenvalue weighted by Crippen LogP contribution is -2.40. The number of esters is 2. The number of hydrogen-bond donors (Lipinski definition) is 1. The molecule has 1 aromatic carbocycles. The first-order valence-electron chi connectivity index (χ1n) is 9.94. The molecular formula is C21H24BrNO5. The molecule has 1 heterocycles. The van der Waals surface area contributed by atoms with Crippen molar-refractivity contribution in [3.63, 3.8) is 0 Å². The molecule has 1 aromatic rings. The second kappa shape index (κ2) is 7.85. The van der Waals surface area contributed by atoms with E-state index in [9.17, 15) is 14.4 Å². The zero-order valence-electron chi connectivity index (χ0n) is 15.7. The molecule has 2 bridgehead atoms. The lowest BCUT2D eigenvalue weighted by atomic mass is 9.79. The summed E-state index contributed by atoms with van der Waals surface area (Å²) in [5.41, 5.74) is 1.06. The van der Waals surface area contributed by atoms with Crippen LogP contribution in [0.5, 0.6) is 0 Å². The van der Waals surface area contributed by atoms with Crippen LogP contribution in [0.2, 0.25) is 0 Å². The SMILES string of the molecule is CCCCCOC(=O)c1ccc(NC(=O)[C@@H]2[C@H]3C[C@H]4[C@H](OC(=O)[C@@H]42)[C@@H]3Br)cc1. The van der Waals surface area contributed by atoms with Crippen molar-refractivity contribution < 1.29 is 23.9 Å². The summed E-state index contributed by atoms with van der Waals surface area (Å²) in [5, 5.41) is 2.90. The van der Waals surface area contributed by atoms with Crippen molar-refractivity contribution in [3.8, 4) is 0 Å². The fourth-order valence-corrected chi connectivity index (χ4v) is 5.89. The van der Waals surface area contributed by atoms with Crippen molar-refractivity contribution in [1.82, 2.24) is 0 Å². The van der Waals surface area contributed by atoms with E-state index in [0.717, 1.165) is 25.7 Å². The Balaban J connectivity index is 1.36. The minimum absolute atomic E-state index is 0.0424. The highest BCUT2D eigenvalue weighted by Gasteiger charge is 2.67. The number of benzene rings is 1. The first-order chi connectivity index (χ1) is 13.5. The topological polar surface area (TPSA) is 81.7 Å². The van der Waals surface area contributed by atoms with Crippen LogP contribution in [0.25, 0.3) is 0 Å². The first kappa shape index (κ1) is 19.4. The van der Waals surface area contributed by atoms with E-state index in [-0.39, 0.29) is 52.4 Å². The summed E-state index contributed by atoms with van der Waals surface area (Å²) in [6.45, 7) is 2.51. The van der Waals surface area contributed by atoms with Gasteiger partial charge in [-0.25, -0.2) is 4.79 Å². The molecule has 4 rings (SSSR count). The molecule has 7 heteroatoms. The Bertz CT molecular complexity index is 780. The number of hydrogen-bond acceptors (Lipinski definition) is 5. The summed E-state index contributed by atoms with van der Waals surface area (Å²) in [4.78, 5) is 37.1. The Morgan fingerprint density at radius 3 is 2.68 bits per heavy atom. The molecule has 1 saturated heterocycles. The number of carbonyl (C=O) groups excluding carboxylic acids is 3. The minimum Gasteiger partial charge on any atom is -0.462 e. The molecule has 150 valence electrons. The smallest absolute Gasteiger partial charge is 0.338 e. The van der Waals surface area contributed by atoms with Gasteiger partial charge in [0.15, 0.2) is 0 Å². The Morgan fingerprint density at radius 1 is 1.21 bits per heavy atom. The minimum atomic E-state index is -0.371. The summed E-state index contributed by atoms with van der Waals surface area (Å²) in [6, 6.07) is 6.67. The average Bonchev–Trinajstić information content (AvgIpc) is 3.30. The third-order valence-corrected chi connectivity index (χ3v) is 7.40. The predicted octanol–water partition coefficient (Wildman–Crippen LogP) is 3.54. The zero-order chi connectivity index (χ0) is 19.8. The van der Waals surface area contributed by atoms with E-state index in [0.29, 0.717) is 17.9 Å². The van der Waals surface area contributed by atoms with Crippen molar-refractivity contribution in [1.29, 1.82) is 0 Å². The highest BCUT2D eigenvalue weighted by atomic mass is 79.9. The molecule has 0 spiro atoms. The fourth-order valence-electron chi connectivity index (χ4n) is 4.85. The summed E-state index contributed by atoms with van der Waals surface area (Å²) in [6.07, 6.45) is 3.72. The molecule has 6 atom stereocenters. The van der Waals surface area contributed by atoms with E-state index in [4.69, 9.17) is 9.47 Å². The molecule has 6 nitrogen and oxygen atoms in total. The van der Waals surface area contributed by atoms with Crippen LogP contribution >= 0.6 is 15.9 Å². The van der Waals surface area contributed by atoms with Crippen LogP contribution in [0.3, 0.4) is 0 Å². The molecule has 2 aliphatic carbocycles. The van der Waals surface area contributed by atoms with Crippen LogP contribution in [-0.2, 0) is 19.1 Å². The maximum Gasteiger partial charge on any atom is 0.338 e. The second-order valence-corrected chi connectivity index (χ2v) is 8.93. The van der Waals surface area contributed by atoms with Gasteiger partial charge in [-0.15, -0.1) is 0 Å². The predicted molar refractivity (Wildman–Crippen MR) is 106 cm³/mol. The Morgan fingerprint density at radius 2 is 1.96 bits per heavy atom. The van der Waals surface area contributed by atoms with Gasteiger partial charge in [0.2, 0.25) is 5.91 Å². The zero-order valence-corrected chi connectivity index (χ0v) is 17.3. The molecule has 0 unspecified atom stereocenters. The van der Waals surface area contributed by atoms with E-state index in [2.05, 4.69) is 28.2 Å². The van der Waals surface area contributed by atoms with Crippen LogP contribution < -0.4 is 5.32 Å². The summed E-state index contributed by atoms with van der Waals surface area (Å²) >= 11 is 3.62. The lowest BCUT2D eigenvalue weighted by molar-refractivity contribution is -0.145. The maximum atomic E-state index is 12.9. The Labute approximate surface area is 172 Å². The normalized spacial score (nSPS) is 32.3. The van der Waals surface area contributed by atoms with Crippen molar-refractivity contribution in [2.45, 2.75) is 43.5 Å². The van der Waals surface area contributed by atoms with Gasteiger partial charge in [-0.3, -0.25) is 9.59 Å². The molecule has 1 N–H and O–H groups in total. The Kier molecular flexibility index (Phi) is 5.45. The van der Waals surface area contributed by atoms with Gasteiger partial charge >= 0.3 is 11.9 Å². The molecule has 0 radical (unpaired) electrons. The highest BCUT2D eigenvalue weighted by Crippen LogP contribution is 2.60. The van der Waals surface area contributed by atoms with Crippen molar-refractivity contribution in [2.75, 3.05) is 11.9 Å². The van der Waals surface area contributed by atoms with Gasteiger partial charge in [0, 0.05) is 11.6 Å².